The lowest BCUT2D eigenvalue weighted by molar-refractivity contribution is 0.336. The van der Waals surface area contributed by atoms with Crippen molar-refractivity contribution in [1.82, 2.24) is 0 Å². The summed E-state index contributed by atoms with van der Waals surface area (Å²) in [5.74, 6) is 0.970. The molecule has 1 aromatic rings. The van der Waals surface area contributed by atoms with Crippen molar-refractivity contribution < 1.29 is 17.9 Å². The highest BCUT2D eigenvalue weighted by atomic mass is 32.2. The quantitative estimate of drug-likeness (QED) is 0.866. The Labute approximate surface area is 105 Å². The van der Waals surface area contributed by atoms with Gasteiger partial charge in [-0.15, -0.1) is 0 Å². The highest BCUT2D eigenvalue weighted by Gasteiger charge is 2.28. The lowest BCUT2D eigenvalue weighted by Gasteiger charge is -2.10. The Hall–Kier alpha value is -2.02. The summed E-state index contributed by atoms with van der Waals surface area (Å²) in [6.07, 6.45) is 1.11. The first-order valence-electron chi connectivity index (χ1n) is 5.09. The van der Waals surface area contributed by atoms with Crippen LogP contribution in [-0.2, 0) is 9.84 Å². The van der Waals surface area contributed by atoms with Gasteiger partial charge in [-0.2, -0.15) is 0 Å². The van der Waals surface area contributed by atoms with Crippen molar-refractivity contribution in [2.24, 2.45) is 10.7 Å². The molecule has 0 aliphatic carbocycles. The van der Waals surface area contributed by atoms with Gasteiger partial charge in [-0.25, -0.2) is 13.4 Å². The summed E-state index contributed by atoms with van der Waals surface area (Å²) in [4.78, 5) is 3.72. The first-order chi connectivity index (χ1) is 8.55. The molecule has 0 atom stereocenters. The molecule has 0 spiro atoms. The fourth-order valence-corrected chi connectivity index (χ4v) is 2.27. The molecule has 1 heterocycles. The Bertz CT molecular complexity index is 620. The molecule has 96 valence electrons. The standard InChI is InChI=1S/C11H12N2O4S/c1-16-8-4-2-3-5-9(8)17-7-11-13-6-10(12)18(11,14)15/h2-6H,7,12H2,1H3. The van der Waals surface area contributed by atoms with Gasteiger partial charge in [0.2, 0.25) is 9.84 Å². The molecule has 0 aromatic heterocycles. The Balaban J connectivity index is 2.11. The van der Waals surface area contributed by atoms with Crippen LogP contribution in [0.15, 0.2) is 40.5 Å². The number of rotatable bonds is 4. The first kappa shape index (κ1) is 12.4. The Morgan fingerprint density at radius 3 is 2.50 bits per heavy atom. The second kappa shape index (κ2) is 4.69. The van der Waals surface area contributed by atoms with E-state index in [-0.39, 0.29) is 16.7 Å². The normalized spacial score (nSPS) is 16.9. The lowest BCUT2D eigenvalue weighted by Crippen LogP contribution is -2.23. The van der Waals surface area contributed by atoms with E-state index < -0.39 is 9.84 Å². The summed E-state index contributed by atoms with van der Waals surface area (Å²) in [6.45, 7) is -0.181. The maximum Gasteiger partial charge on any atom is 0.239 e. The zero-order valence-electron chi connectivity index (χ0n) is 9.66. The third-order valence-corrected chi connectivity index (χ3v) is 3.95. The van der Waals surface area contributed by atoms with Gasteiger partial charge in [0.1, 0.15) is 6.61 Å². The summed E-state index contributed by atoms with van der Waals surface area (Å²) in [6, 6.07) is 6.94. The molecule has 18 heavy (non-hydrogen) atoms. The molecule has 0 fully saturated rings. The summed E-state index contributed by atoms with van der Waals surface area (Å²) in [5.41, 5.74) is 5.31. The van der Waals surface area contributed by atoms with Crippen LogP contribution in [-0.4, -0.2) is 27.2 Å². The van der Waals surface area contributed by atoms with Gasteiger partial charge in [0, 0.05) is 0 Å². The van der Waals surface area contributed by atoms with Crippen LogP contribution in [0.25, 0.3) is 0 Å². The Morgan fingerprint density at radius 1 is 1.28 bits per heavy atom. The molecule has 0 amide bonds. The highest BCUT2D eigenvalue weighted by molar-refractivity contribution is 8.10. The second-order valence-corrected chi connectivity index (χ2v) is 5.45. The van der Waals surface area contributed by atoms with Crippen molar-refractivity contribution >= 4 is 14.9 Å². The summed E-state index contributed by atoms with van der Waals surface area (Å²) in [5, 5.41) is -0.368. The van der Waals surface area contributed by atoms with Gasteiger partial charge in [0.05, 0.1) is 13.3 Å². The van der Waals surface area contributed by atoms with Gasteiger partial charge in [-0.05, 0) is 12.1 Å². The number of para-hydroxylation sites is 2. The molecule has 1 aliphatic heterocycles. The number of nitrogens with zero attached hydrogens (tertiary/aromatic N) is 1. The van der Waals surface area contributed by atoms with Crippen LogP contribution in [0.2, 0.25) is 0 Å². The van der Waals surface area contributed by atoms with Crippen LogP contribution < -0.4 is 15.2 Å². The maximum atomic E-state index is 11.6. The van der Waals surface area contributed by atoms with Crippen LogP contribution >= 0.6 is 0 Å². The Kier molecular flexibility index (Phi) is 3.24. The van der Waals surface area contributed by atoms with Gasteiger partial charge in [0.25, 0.3) is 0 Å². The average Bonchev–Trinajstić information content (AvgIpc) is 2.62. The third-order valence-electron chi connectivity index (χ3n) is 2.38. The highest BCUT2D eigenvalue weighted by Crippen LogP contribution is 2.26. The number of sulfone groups is 1. The molecule has 1 aromatic carbocycles. The smallest absolute Gasteiger partial charge is 0.239 e. The fourth-order valence-electron chi connectivity index (χ4n) is 1.40. The van der Waals surface area contributed by atoms with Crippen molar-refractivity contribution in [3.63, 3.8) is 0 Å². The lowest BCUT2D eigenvalue weighted by atomic mass is 10.3. The van der Waals surface area contributed by atoms with E-state index in [1.165, 1.54) is 7.11 Å². The van der Waals surface area contributed by atoms with Crippen molar-refractivity contribution in [2.45, 2.75) is 0 Å². The minimum absolute atomic E-state index is 0.106. The SMILES string of the molecule is COc1ccccc1OCC1=NC=C(N)S1(=O)=O. The molecular formula is C11H12N2O4S. The van der Waals surface area contributed by atoms with Crippen molar-refractivity contribution in [3.8, 4) is 11.5 Å². The van der Waals surface area contributed by atoms with E-state index in [4.69, 9.17) is 15.2 Å². The molecule has 0 radical (unpaired) electrons. The van der Waals surface area contributed by atoms with Crippen molar-refractivity contribution in [3.05, 3.63) is 35.5 Å². The number of methoxy groups -OCH3 is 1. The summed E-state index contributed by atoms with van der Waals surface area (Å²) < 4.78 is 33.7. The van der Waals surface area contributed by atoms with Crippen molar-refractivity contribution in [2.75, 3.05) is 13.7 Å². The largest absolute Gasteiger partial charge is 0.493 e. The number of hydrogen-bond acceptors (Lipinski definition) is 6. The monoisotopic (exact) mass is 268 g/mol. The number of benzene rings is 1. The third kappa shape index (κ3) is 2.17. The van der Waals surface area contributed by atoms with Gasteiger partial charge in [-0.1, -0.05) is 12.1 Å². The van der Waals surface area contributed by atoms with Crippen molar-refractivity contribution in [1.29, 1.82) is 0 Å². The number of aliphatic imine (C=N–C) groups is 1. The zero-order chi connectivity index (χ0) is 13.2. The average molecular weight is 268 g/mol. The molecule has 6 nitrogen and oxygen atoms in total. The predicted molar refractivity (Wildman–Crippen MR) is 67.1 cm³/mol. The molecule has 2 rings (SSSR count). The minimum atomic E-state index is -3.63. The minimum Gasteiger partial charge on any atom is -0.493 e. The molecule has 1 aliphatic rings. The van der Waals surface area contributed by atoms with E-state index in [2.05, 4.69) is 4.99 Å². The van der Waals surface area contributed by atoms with E-state index in [0.717, 1.165) is 6.20 Å². The summed E-state index contributed by atoms with van der Waals surface area (Å²) in [7, 11) is -2.13. The van der Waals surface area contributed by atoms with Gasteiger partial charge >= 0.3 is 0 Å². The Morgan fingerprint density at radius 2 is 1.94 bits per heavy atom. The van der Waals surface area contributed by atoms with Crippen LogP contribution in [0.5, 0.6) is 11.5 Å². The maximum absolute atomic E-state index is 11.6. The van der Waals surface area contributed by atoms with Crippen LogP contribution in [0, 0.1) is 0 Å². The first-order valence-corrected chi connectivity index (χ1v) is 6.57. The molecule has 0 unspecified atom stereocenters. The molecule has 2 N–H and O–H groups in total. The number of ether oxygens (including phenoxy) is 2. The van der Waals surface area contributed by atoms with Gasteiger partial charge in [-0.3, -0.25) is 0 Å². The molecule has 7 heteroatoms. The zero-order valence-corrected chi connectivity index (χ0v) is 10.5. The second-order valence-electron chi connectivity index (χ2n) is 3.50. The van der Waals surface area contributed by atoms with Crippen LogP contribution in [0.1, 0.15) is 0 Å². The van der Waals surface area contributed by atoms with Crippen LogP contribution in [0.4, 0.5) is 0 Å². The van der Waals surface area contributed by atoms with E-state index in [9.17, 15) is 8.42 Å². The van der Waals surface area contributed by atoms with E-state index in [1.807, 2.05) is 0 Å². The van der Waals surface area contributed by atoms with Crippen LogP contribution in [0.3, 0.4) is 0 Å². The van der Waals surface area contributed by atoms with E-state index in [1.54, 1.807) is 24.3 Å². The predicted octanol–water partition coefficient (Wildman–Crippen LogP) is 0.659. The summed E-state index contributed by atoms with van der Waals surface area (Å²) >= 11 is 0. The van der Waals surface area contributed by atoms with E-state index >= 15 is 0 Å². The molecule has 0 saturated heterocycles. The number of nitrogens with two attached hydrogens (primary N) is 1. The topological polar surface area (TPSA) is 91.0 Å². The van der Waals surface area contributed by atoms with Gasteiger partial charge < -0.3 is 15.2 Å². The molecule has 0 saturated carbocycles. The fraction of sp³-hybridized carbons (Fsp3) is 0.182. The molecule has 0 bridgehead atoms. The number of hydrogen-bond donors (Lipinski definition) is 1. The van der Waals surface area contributed by atoms with E-state index in [0.29, 0.717) is 11.5 Å². The van der Waals surface area contributed by atoms with Gasteiger partial charge in [0.15, 0.2) is 21.6 Å². The molecular weight excluding hydrogens is 256 g/mol.